The van der Waals surface area contributed by atoms with Crippen molar-refractivity contribution in [3.8, 4) is 0 Å². The monoisotopic (exact) mass is 204 g/mol. The SMILES string of the molecule is CCC1(c2cccc(C3(C)CO3)c2)CO1. The van der Waals surface area contributed by atoms with Crippen LogP contribution in [0.4, 0.5) is 0 Å². The molecule has 0 amide bonds. The molecule has 2 saturated heterocycles. The van der Waals surface area contributed by atoms with Crippen molar-refractivity contribution in [3.63, 3.8) is 0 Å². The lowest BCUT2D eigenvalue weighted by molar-refractivity contribution is 0.299. The predicted molar refractivity (Wildman–Crippen MR) is 57.7 cm³/mol. The van der Waals surface area contributed by atoms with Gasteiger partial charge in [-0.2, -0.15) is 0 Å². The fraction of sp³-hybridized carbons (Fsp3) is 0.538. The van der Waals surface area contributed by atoms with E-state index < -0.39 is 0 Å². The first kappa shape index (κ1) is 9.37. The van der Waals surface area contributed by atoms with E-state index in [0.29, 0.717) is 0 Å². The molecule has 2 heteroatoms. The van der Waals surface area contributed by atoms with Crippen molar-refractivity contribution < 1.29 is 9.47 Å². The molecule has 2 fully saturated rings. The normalized spacial score (nSPS) is 37.7. The molecule has 2 aliphatic rings. The molecule has 1 aromatic carbocycles. The molecule has 2 aliphatic heterocycles. The van der Waals surface area contributed by atoms with Gasteiger partial charge in [0.1, 0.15) is 11.2 Å². The highest BCUT2D eigenvalue weighted by molar-refractivity contribution is 5.35. The molecule has 0 aromatic heterocycles. The summed E-state index contributed by atoms with van der Waals surface area (Å²) in [5, 5.41) is 0. The van der Waals surface area contributed by atoms with Crippen LogP contribution in [-0.2, 0) is 20.7 Å². The van der Waals surface area contributed by atoms with Crippen LogP contribution in [0.25, 0.3) is 0 Å². The van der Waals surface area contributed by atoms with E-state index in [2.05, 4.69) is 38.1 Å². The molecular weight excluding hydrogens is 188 g/mol. The van der Waals surface area contributed by atoms with Crippen LogP contribution in [0.1, 0.15) is 31.4 Å². The van der Waals surface area contributed by atoms with Gasteiger partial charge in [0.15, 0.2) is 0 Å². The largest absolute Gasteiger partial charge is 0.365 e. The van der Waals surface area contributed by atoms with E-state index in [-0.39, 0.29) is 11.2 Å². The van der Waals surface area contributed by atoms with Crippen molar-refractivity contribution in [1.29, 1.82) is 0 Å². The summed E-state index contributed by atoms with van der Waals surface area (Å²) in [6.07, 6.45) is 1.05. The Bertz CT molecular complexity index is 389. The minimum atomic E-state index is -0.0279. The molecule has 15 heavy (non-hydrogen) atoms. The molecule has 2 unspecified atom stereocenters. The highest BCUT2D eigenvalue weighted by Gasteiger charge is 2.46. The highest BCUT2D eigenvalue weighted by Crippen LogP contribution is 2.44. The number of epoxide rings is 2. The summed E-state index contributed by atoms with van der Waals surface area (Å²) < 4.78 is 11.0. The Hall–Kier alpha value is -0.860. The molecule has 80 valence electrons. The van der Waals surface area contributed by atoms with Crippen LogP contribution in [0.5, 0.6) is 0 Å². The highest BCUT2D eigenvalue weighted by atomic mass is 16.6. The second kappa shape index (κ2) is 2.83. The van der Waals surface area contributed by atoms with E-state index in [4.69, 9.17) is 9.47 Å². The molecule has 2 heterocycles. The standard InChI is InChI=1S/C13H16O2/c1-3-13(9-15-13)11-6-4-5-10(7-11)12(2)8-14-12/h4-7H,3,8-9H2,1-2H3. The molecule has 2 nitrogen and oxygen atoms in total. The third kappa shape index (κ3) is 1.40. The minimum absolute atomic E-state index is 0.0151. The lowest BCUT2D eigenvalue weighted by Gasteiger charge is -2.12. The minimum Gasteiger partial charge on any atom is -0.365 e. The Morgan fingerprint density at radius 3 is 2.40 bits per heavy atom. The number of benzene rings is 1. The van der Waals surface area contributed by atoms with Gasteiger partial charge in [0, 0.05) is 0 Å². The molecule has 2 atom stereocenters. The Balaban J connectivity index is 1.97. The quantitative estimate of drug-likeness (QED) is 0.707. The van der Waals surface area contributed by atoms with Gasteiger partial charge in [0.05, 0.1) is 13.2 Å². The summed E-state index contributed by atoms with van der Waals surface area (Å²) in [6, 6.07) is 8.65. The molecule has 0 aliphatic carbocycles. The summed E-state index contributed by atoms with van der Waals surface area (Å²) in [7, 11) is 0. The molecule has 0 bridgehead atoms. The van der Waals surface area contributed by atoms with E-state index in [9.17, 15) is 0 Å². The van der Waals surface area contributed by atoms with Gasteiger partial charge in [-0.1, -0.05) is 25.1 Å². The van der Waals surface area contributed by atoms with E-state index in [1.54, 1.807) is 0 Å². The van der Waals surface area contributed by atoms with Gasteiger partial charge >= 0.3 is 0 Å². The van der Waals surface area contributed by atoms with Crippen LogP contribution in [0.3, 0.4) is 0 Å². The van der Waals surface area contributed by atoms with Gasteiger partial charge < -0.3 is 9.47 Å². The van der Waals surface area contributed by atoms with E-state index in [1.165, 1.54) is 11.1 Å². The van der Waals surface area contributed by atoms with Gasteiger partial charge in [0.2, 0.25) is 0 Å². The molecule has 1 aromatic rings. The summed E-state index contributed by atoms with van der Waals surface area (Å²) in [6.45, 7) is 6.02. The van der Waals surface area contributed by atoms with Gasteiger partial charge in [0.25, 0.3) is 0 Å². The average Bonchev–Trinajstić information content (AvgIpc) is 3.15. The molecule has 3 rings (SSSR count). The maximum Gasteiger partial charge on any atom is 0.116 e. The Morgan fingerprint density at radius 2 is 1.87 bits per heavy atom. The second-order valence-electron chi connectivity index (χ2n) is 4.74. The number of ether oxygens (including phenoxy) is 2. The molecule has 0 saturated carbocycles. The lowest BCUT2D eigenvalue weighted by Crippen LogP contribution is -2.09. The third-order valence-electron chi connectivity index (χ3n) is 3.64. The molecular formula is C13H16O2. The molecule has 0 radical (unpaired) electrons. The topological polar surface area (TPSA) is 25.1 Å². The lowest BCUT2D eigenvalue weighted by atomic mass is 9.92. The van der Waals surface area contributed by atoms with Crippen LogP contribution in [-0.4, -0.2) is 13.2 Å². The van der Waals surface area contributed by atoms with Crippen LogP contribution in [0.2, 0.25) is 0 Å². The van der Waals surface area contributed by atoms with Crippen LogP contribution in [0.15, 0.2) is 24.3 Å². The van der Waals surface area contributed by atoms with Crippen LogP contribution >= 0.6 is 0 Å². The van der Waals surface area contributed by atoms with Crippen LogP contribution in [0, 0.1) is 0 Å². The predicted octanol–water partition coefficient (Wildman–Crippen LogP) is 2.57. The number of rotatable bonds is 3. The van der Waals surface area contributed by atoms with Gasteiger partial charge in [-0.25, -0.2) is 0 Å². The fourth-order valence-corrected chi connectivity index (χ4v) is 2.07. The first-order valence-electron chi connectivity index (χ1n) is 5.57. The maximum atomic E-state index is 5.58. The van der Waals surface area contributed by atoms with E-state index >= 15 is 0 Å². The zero-order valence-electron chi connectivity index (χ0n) is 9.25. The Morgan fingerprint density at radius 1 is 1.20 bits per heavy atom. The van der Waals surface area contributed by atoms with Gasteiger partial charge in [-0.3, -0.25) is 0 Å². The summed E-state index contributed by atoms with van der Waals surface area (Å²) in [4.78, 5) is 0. The first-order chi connectivity index (χ1) is 7.19. The van der Waals surface area contributed by atoms with E-state index in [0.717, 1.165) is 19.6 Å². The molecule has 0 N–H and O–H groups in total. The van der Waals surface area contributed by atoms with Gasteiger partial charge in [-0.15, -0.1) is 0 Å². The third-order valence-corrected chi connectivity index (χ3v) is 3.64. The van der Waals surface area contributed by atoms with Gasteiger partial charge in [-0.05, 0) is 30.5 Å². The van der Waals surface area contributed by atoms with Crippen molar-refractivity contribution in [1.82, 2.24) is 0 Å². The Kier molecular flexibility index (Phi) is 1.77. The first-order valence-corrected chi connectivity index (χ1v) is 5.57. The summed E-state index contributed by atoms with van der Waals surface area (Å²) >= 11 is 0. The maximum absolute atomic E-state index is 5.58. The van der Waals surface area contributed by atoms with Crippen molar-refractivity contribution >= 4 is 0 Å². The smallest absolute Gasteiger partial charge is 0.116 e. The van der Waals surface area contributed by atoms with Crippen molar-refractivity contribution in [3.05, 3.63) is 35.4 Å². The van der Waals surface area contributed by atoms with Crippen molar-refractivity contribution in [2.75, 3.05) is 13.2 Å². The zero-order valence-corrected chi connectivity index (χ0v) is 9.25. The van der Waals surface area contributed by atoms with E-state index in [1.807, 2.05) is 0 Å². The Labute approximate surface area is 90.2 Å². The van der Waals surface area contributed by atoms with Crippen molar-refractivity contribution in [2.45, 2.75) is 31.5 Å². The average molecular weight is 204 g/mol. The number of hydrogen-bond donors (Lipinski definition) is 0. The number of hydrogen-bond acceptors (Lipinski definition) is 2. The summed E-state index contributed by atoms with van der Waals surface area (Å²) in [5.41, 5.74) is 2.57. The fourth-order valence-electron chi connectivity index (χ4n) is 2.07. The van der Waals surface area contributed by atoms with Crippen LogP contribution < -0.4 is 0 Å². The second-order valence-corrected chi connectivity index (χ2v) is 4.74. The zero-order chi connectivity index (χ0) is 10.5. The summed E-state index contributed by atoms with van der Waals surface area (Å²) in [5.74, 6) is 0. The molecule has 0 spiro atoms. The van der Waals surface area contributed by atoms with Crippen molar-refractivity contribution in [2.24, 2.45) is 0 Å².